The van der Waals surface area contributed by atoms with Gasteiger partial charge in [-0.2, -0.15) is 10.4 Å². The van der Waals surface area contributed by atoms with E-state index in [4.69, 9.17) is 5.26 Å². The average Bonchev–Trinajstić information content (AvgIpc) is 2.31. The molecule has 4 heteroatoms. The van der Waals surface area contributed by atoms with Gasteiger partial charge in [-0.25, -0.2) is 0 Å². The molecular weight excluding hydrogens is 188 g/mol. The zero-order valence-corrected chi connectivity index (χ0v) is 8.35. The third-order valence-corrected chi connectivity index (χ3v) is 2.45. The fraction of sp³-hybridized carbons (Fsp3) is 0.364. The number of hydrogen-bond donors (Lipinski definition) is 1. The summed E-state index contributed by atoms with van der Waals surface area (Å²) in [4.78, 5) is 0. The Hall–Kier alpha value is -1.89. The number of allylic oxidation sites excluding steroid dienone is 1. The van der Waals surface area contributed by atoms with Crippen molar-refractivity contribution in [1.82, 2.24) is 10.2 Å². The Labute approximate surface area is 88.6 Å². The van der Waals surface area contributed by atoms with E-state index in [1.807, 2.05) is 0 Å². The Balaban J connectivity index is 2.10. The monoisotopic (exact) mass is 200 g/mol. The number of anilines is 1. The molecule has 1 atom stereocenters. The first-order valence-corrected chi connectivity index (χ1v) is 5.03. The minimum atomic E-state index is 0.374. The van der Waals surface area contributed by atoms with Gasteiger partial charge in [0.2, 0.25) is 0 Å². The van der Waals surface area contributed by atoms with E-state index in [0.717, 1.165) is 19.3 Å². The van der Waals surface area contributed by atoms with Gasteiger partial charge < -0.3 is 5.32 Å². The van der Waals surface area contributed by atoms with Gasteiger partial charge in [0.05, 0.1) is 11.8 Å². The maximum absolute atomic E-state index is 8.88. The van der Waals surface area contributed by atoms with Crippen LogP contribution in [-0.4, -0.2) is 16.2 Å². The SMILES string of the molecule is N#Cc1ccnnc1NC1CC=CCC1. The molecular formula is C11H12N4. The molecule has 0 saturated carbocycles. The summed E-state index contributed by atoms with van der Waals surface area (Å²) in [7, 11) is 0. The number of aromatic nitrogens is 2. The van der Waals surface area contributed by atoms with Gasteiger partial charge in [0.15, 0.2) is 5.82 Å². The summed E-state index contributed by atoms with van der Waals surface area (Å²) < 4.78 is 0. The highest BCUT2D eigenvalue weighted by Gasteiger charge is 2.12. The topological polar surface area (TPSA) is 61.6 Å². The summed E-state index contributed by atoms with van der Waals surface area (Å²) in [5.41, 5.74) is 0.555. The van der Waals surface area contributed by atoms with Gasteiger partial charge in [0.1, 0.15) is 6.07 Å². The lowest BCUT2D eigenvalue weighted by molar-refractivity contribution is 0.640. The van der Waals surface area contributed by atoms with Crippen molar-refractivity contribution in [2.75, 3.05) is 5.32 Å². The molecule has 1 aromatic heterocycles. The lowest BCUT2D eigenvalue weighted by Crippen LogP contribution is -2.21. The first kappa shape index (κ1) is 9.66. The highest BCUT2D eigenvalue weighted by atomic mass is 15.2. The minimum Gasteiger partial charge on any atom is -0.364 e. The summed E-state index contributed by atoms with van der Waals surface area (Å²) in [6, 6.07) is 4.15. The molecule has 0 aliphatic heterocycles. The van der Waals surface area contributed by atoms with Crippen molar-refractivity contribution >= 4 is 5.82 Å². The molecule has 1 aromatic rings. The fourth-order valence-electron chi connectivity index (χ4n) is 1.65. The first-order chi connectivity index (χ1) is 7.40. The van der Waals surface area contributed by atoms with Crippen LogP contribution in [0.1, 0.15) is 24.8 Å². The highest BCUT2D eigenvalue weighted by Crippen LogP contribution is 2.17. The van der Waals surface area contributed by atoms with E-state index in [0.29, 0.717) is 17.4 Å². The van der Waals surface area contributed by atoms with Crippen molar-refractivity contribution in [1.29, 1.82) is 5.26 Å². The first-order valence-electron chi connectivity index (χ1n) is 5.03. The molecule has 1 aliphatic carbocycles. The molecule has 1 heterocycles. The smallest absolute Gasteiger partial charge is 0.166 e. The predicted molar refractivity (Wildman–Crippen MR) is 57.1 cm³/mol. The molecule has 1 N–H and O–H groups in total. The van der Waals surface area contributed by atoms with Crippen molar-refractivity contribution in [3.63, 3.8) is 0 Å². The predicted octanol–water partition coefficient (Wildman–Crippen LogP) is 1.87. The van der Waals surface area contributed by atoms with Crippen LogP contribution in [0, 0.1) is 11.3 Å². The van der Waals surface area contributed by atoms with Gasteiger partial charge >= 0.3 is 0 Å². The molecule has 76 valence electrons. The van der Waals surface area contributed by atoms with Crippen LogP contribution in [0.5, 0.6) is 0 Å². The third kappa shape index (κ3) is 2.32. The van der Waals surface area contributed by atoms with Crippen LogP contribution in [0.3, 0.4) is 0 Å². The Kier molecular flexibility index (Phi) is 2.93. The van der Waals surface area contributed by atoms with E-state index in [2.05, 4.69) is 33.7 Å². The van der Waals surface area contributed by atoms with E-state index in [-0.39, 0.29) is 0 Å². The van der Waals surface area contributed by atoms with Gasteiger partial charge in [-0.15, -0.1) is 5.10 Å². The molecule has 0 aromatic carbocycles. The van der Waals surface area contributed by atoms with Crippen LogP contribution in [0.2, 0.25) is 0 Å². The van der Waals surface area contributed by atoms with Gasteiger partial charge in [-0.3, -0.25) is 0 Å². The van der Waals surface area contributed by atoms with Crippen molar-refractivity contribution in [3.8, 4) is 6.07 Å². The highest BCUT2D eigenvalue weighted by molar-refractivity contribution is 5.50. The second-order valence-electron chi connectivity index (χ2n) is 3.53. The molecule has 0 amide bonds. The molecule has 0 spiro atoms. The largest absolute Gasteiger partial charge is 0.364 e. The standard InChI is InChI=1S/C11H12N4/c12-8-9-6-7-13-15-11(9)14-10-4-2-1-3-5-10/h1-2,6-7,10H,3-5H2,(H,14,15). The summed E-state index contributed by atoms with van der Waals surface area (Å²) >= 11 is 0. The van der Waals surface area contributed by atoms with Crippen LogP contribution in [0.15, 0.2) is 24.4 Å². The molecule has 2 rings (SSSR count). The summed E-state index contributed by atoms with van der Waals surface area (Å²) in [5.74, 6) is 0.598. The van der Waals surface area contributed by atoms with E-state index in [9.17, 15) is 0 Å². The van der Waals surface area contributed by atoms with Crippen LogP contribution < -0.4 is 5.32 Å². The van der Waals surface area contributed by atoms with Gasteiger partial charge in [0.25, 0.3) is 0 Å². The quantitative estimate of drug-likeness (QED) is 0.740. The zero-order chi connectivity index (χ0) is 10.5. The number of nitrogens with one attached hydrogen (secondary N) is 1. The van der Waals surface area contributed by atoms with Crippen LogP contribution >= 0.6 is 0 Å². The Morgan fingerprint density at radius 3 is 3.13 bits per heavy atom. The van der Waals surface area contributed by atoms with Crippen LogP contribution in [0.4, 0.5) is 5.82 Å². The zero-order valence-electron chi connectivity index (χ0n) is 8.35. The minimum absolute atomic E-state index is 0.374. The number of rotatable bonds is 2. The summed E-state index contributed by atoms with van der Waals surface area (Å²) in [6.07, 6.45) is 9.02. The van der Waals surface area contributed by atoms with Gasteiger partial charge in [-0.1, -0.05) is 12.2 Å². The molecule has 0 fully saturated rings. The fourth-order valence-corrected chi connectivity index (χ4v) is 1.65. The molecule has 4 nitrogen and oxygen atoms in total. The Morgan fingerprint density at radius 2 is 2.40 bits per heavy atom. The third-order valence-electron chi connectivity index (χ3n) is 2.45. The van der Waals surface area contributed by atoms with Crippen molar-refractivity contribution in [3.05, 3.63) is 30.0 Å². The second kappa shape index (κ2) is 4.56. The number of hydrogen-bond acceptors (Lipinski definition) is 4. The van der Waals surface area contributed by atoms with E-state index >= 15 is 0 Å². The van der Waals surface area contributed by atoms with Crippen LogP contribution in [-0.2, 0) is 0 Å². The maximum atomic E-state index is 8.88. The molecule has 1 aliphatic rings. The molecule has 1 unspecified atom stereocenters. The molecule has 0 saturated heterocycles. The number of nitriles is 1. The number of nitrogens with zero attached hydrogens (tertiary/aromatic N) is 3. The summed E-state index contributed by atoms with van der Waals surface area (Å²) in [5, 5.41) is 19.8. The average molecular weight is 200 g/mol. The normalized spacial score (nSPS) is 19.5. The molecule has 0 bridgehead atoms. The van der Waals surface area contributed by atoms with Crippen molar-refractivity contribution < 1.29 is 0 Å². The lowest BCUT2D eigenvalue weighted by Gasteiger charge is -2.19. The summed E-state index contributed by atoms with van der Waals surface area (Å²) in [6.45, 7) is 0. The molecule has 15 heavy (non-hydrogen) atoms. The second-order valence-corrected chi connectivity index (χ2v) is 3.53. The van der Waals surface area contributed by atoms with Crippen molar-refractivity contribution in [2.24, 2.45) is 0 Å². The van der Waals surface area contributed by atoms with Crippen molar-refractivity contribution in [2.45, 2.75) is 25.3 Å². The van der Waals surface area contributed by atoms with Gasteiger partial charge in [-0.05, 0) is 25.3 Å². The van der Waals surface area contributed by atoms with E-state index in [1.165, 1.54) is 6.20 Å². The Morgan fingerprint density at radius 1 is 1.47 bits per heavy atom. The van der Waals surface area contributed by atoms with Crippen LogP contribution in [0.25, 0.3) is 0 Å². The lowest BCUT2D eigenvalue weighted by atomic mass is 10.0. The Bertz CT molecular complexity index is 405. The van der Waals surface area contributed by atoms with Gasteiger partial charge in [0, 0.05) is 6.04 Å². The maximum Gasteiger partial charge on any atom is 0.166 e. The van der Waals surface area contributed by atoms with E-state index < -0.39 is 0 Å². The van der Waals surface area contributed by atoms with E-state index in [1.54, 1.807) is 6.07 Å². The molecule has 0 radical (unpaired) electrons.